The summed E-state index contributed by atoms with van der Waals surface area (Å²) in [7, 11) is 0. The van der Waals surface area contributed by atoms with E-state index in [0.717, 1.165) is 33.4 Å². The van der Waals surface area contributed by atoms with Gasteiger partial charge in [0.05, 0.1) is 11.7 Å². The molecule has 0 spiro atoms. The van der Waals surface area contributed by atoms with Gasteiger partial charge in [-0.05, 0) is 41.0 Å². The SMILES string of the molecule is OC1Cc2ccccc2-c2c(-c3ccc(F)cc3)noc2-c2ccccc21. The first kappa shape index (κ1) is 16.0. The summed E-state index contributed by atoms with van der Waals surface area (Å²) in [5, 5.41) is 15.1. The maximum absolute atomic E-state index is 13.4. The molecule has 1 aliphatic rings. The Kier molecular flexibility index (Phi) is 3.66. The highest BCUT2D eigenvalue weighted by Crippen LogP contribution is 2.45. The summed E-state index contributed by atoms with van der Waals surface area (Å²) in [5.41, 5.74) is 5.97. The van der Waals surface area contributed by atoms with Gasteiger partial charge in [-0.25, -0.2) is 4.39 Å². The Labute approximate surface area is 155 Å². The van der Waals surface area contributed by atoms with Crippen LogP contribution in [-0.2, 0) is 6.42 Å². The van der Waals surface area contributed by atoms with E-state index in [4.69, 9.17) is 4.52 Å². The number of aliphatic hydroxyl groups excluding tert-OH is 1. The van der Waals surface area contributed by atoms with Gasteiger partial charge in [0.15, 0.2) is 5.76 Å². The van der Waals surface area contributed by atoms with E-state index < -0.39 is 6.10 Å². The second kappa shape index (κ2) is 6.18. The molecular weight excluding hydrogens is 341 g/mol. The molecule has 1 heterocycles. The summed E-state index contributed by atoms with van der Waals surface area (Å²) in [6, 6.07) is 21.9. The van der Waals surface area contributed by atoms with Crippen LogP contribution in [0.4, 0.5) is 4.39 Å². The lowest BCUT2D eigenvalue weighted by molar-refractivity contribution is 0.178. The average molecular weight is 357 g/mol. The topological polar surface area (TPSA) is 46.3 Å². The molecule has 0 radical (unpaired) electrons. The Bertz CT molecular complexity index is 1130. The lowest BCUT2D eigenvalue weighted by Crippen LogP contribution is -2.07. The number of benzene rings is 3. The van der Waals surface area contributed by atoms with E-state index in [1.807, 2.05) is 48.5 Å². The van der Waals surface area contributed by atoms with Gasteiger partial charge in [0.2, 0.25) is 0 Å². The highest BCUT2D eigenvalue weighted by Gasteiger charge is 2.28. The van der Waals surface area contributed by atoms with E-state index in [9.17, 15) is 9.50 Å². The standard InChI is InChI=1S/C23H16FNO2/c24-16-11-9-14(10-12-16)22-21-17-6-2-1-5-15(17)13-20(26)18-7-3-4-8-19(18)23(21)27-25-22/h1-12,20,26H,13H2. The molecule has 0 bridgehead atoms. The zero-order chi connectivity index (χ0) is 18.4. The average Bonchev–Trinajstić information content (AvgIpc) is 3.12. The van der Waals surface area contributed by atoms with E-state index in [2.05, 4.69) is 5.16 Å². The van der Waals surface area contributed by atoms with Crippen molar-refractivity contribution in [2.45, 2.75) is 12.5 Å². The molecule has 3 nitrogen and oxygen atoms in total. The number of hydrogen-bond acceptors (Lipinski definition) is 3. The van der Waals surface area contributed by atoms with Crippen molar-refractivity contribution >= 4 is 0 Å². The van der Waals surface area contributed by atoms with E-state index >= 15 is 0 Å². The normalized spacial score (nSPS) is 15.3. The van der Waals surface area contributed by atoms with Crippen LogP contribution in [0.3, 0.4) is 0 Å². The third kappa shape index (κ3) is 2.57. The monoisotopic (exact) mass is 357 g/mol. The van der Waals surface area contributed by atoms with Gasteiger partial charge >= 0.3 is 0 Å². The summed E-state index contributed by atoms with van der Waals surface area (Å²) in [6.07, 6.45) is -0.129. The fraction of sp³-hybridized carbons (Fsp3) is 0.0870. The van der Waals surface area contributed by atoms with Crippen molar-refractivity contribution in [2.24, 2.45) is 0 Å². The fourth-order valence-corrected chi connectivity index (χ4v) is 3.78. The molecule has 0 saturated heterocycles. The lowest BCUT2D eigenvalue weighted by atomic mass is 9.85. The molecule has 132 valence electrons. The summed E-state index contributed by atoms with van der Waals surface area (Å²) in [5.74, 6) is 0.329. The van der Waals surface area contributed by atoms with Crippen LogP contribution >= 0.6 is 0 Å². The smallest absolute Gasteiger partial charge is 0.175 e. The number of rotatable bonds is 1. The second-order valence-corrected chi connectivity index (χ2v) is 6.71. The van der Waals surface area contributed by atoms with Crippen molar-refractivity contribution in [1.82, 2.24) is 5.16 Å². The lowest BCUT2D eigenvalue weighted by Gasteiger charge is -2.20. The van der Waals surface area contributed by atoms with E-state index in [0.29, 0.717) is 17.9 Å². The summed E-state index contributed by atoms with van der Waals surface area (Å²) in [6.45, 7) is 0. The Hall–Kier alpha value is -3.24. The van der Waals surface area contributed by atoms with Crippen molar-refractivity contribution in [1.29, 1.82) is 0 Å². The molecule has 1 aromatic heterocycles. The molecule has 4 heteroatoms. The number of nitrogens with zero attached hydrogens (tertiary/aromatic N) is 1. The largest absolute Gasteiger partial charge is 0.388 e. The first-order valence-corrected chi connectivity index (χ1v) is 8.83. The Morgan fingerprint density at radius 2 is 1.59 bits per heavy atom. The maximum atomic E-state index is 13.4. The molecule has 0 saturated carbocycles. The Morgan fingerprint density at radius 3 is 2.41 bits per heavy atom. The van der Waals surface area contributed by atoms with E-state index in [-0.39, 0.29) is 5.82 Å². The third-order valence-corrected chi connectivity index (χ3v) is 5.07. The summed E-state index contributed by atoms with van der Waals surface area (Å²) < 4.78 is 19.2. The van der Waals surface area contributed by atoms with Crippen LogP contribution in [-0.4, -0.2) is 10.3 Å². The van der Waals surface area contributed by atoms with Crippen LogP contribution in [0.2, 0.25) is 0 Å². The number of fused-ring (bicyclic) bond motifs is 5. The van der Waals surface area contributed by atoms with Crippen LogP contribution in [0.25, 0.3) is 33.7 Å². The number of halogens is 1. The predicted molar refractivity (Wildman–Crippen MR) is 101 cm³/mol. The van der Waals surface area contributed by atoms with Gasteiger partial charge in [-0.3, -0.25) is 0 Å². The van der Waals surface area contributed by atoms with Crippen molar-refractivity contribution in [3.63, 3.8) is 0 Å². The Balaban J connectivity index is 1.85. The molecule has 1 atom stereocenters. The quantitative estimate of drug-likeness (QED) is 0.496. The van der Waals surface area contributed by atoms with Gasteiger partial charge in [0.25, 0.3) is 0 Å². The van der Waals surface area contributed by atoms with Gasteiger partial charge in [-0.1, -0.05) is 53.7 Å². The molecule has 3 aromatic carbocycles. The van der Waals surface area contributed by atoms with E-state index in [1.165, 1.54) is 12.1 Å². The summed E-state index contributed by atoms with van der Waals surface area (Å²) in [4.78, 5) is 0. The zero-order valence-corrected chi connectivity index (χ0v) is 14.4. The van der Waals surface area contributed by atoms with Crippen LogP contribution in [0.15, 0.2) is 77.3 Å². The summed E-state index contributed by atoms with van der Waals surface area (Å²) >= 11 is 0. The van der Waals surface area contributed by atoms with Crippen molar-refractivity contribution < 1.29 is 14.0 Å². The molecule has 4 aromatic rings. The highest BCUT2D eigenvalue weighted by atomic mass is 19.1. The zero-order valence-electron chi connectivity index (χ0n) is 14.4. The predicted octanol–water partition coefficient (Wildman–Crippen LogP) is 5.40. The molecule has 27 heavy (non-hydrogen) atoms. The molecular formula is C23H16FNO2. The molecule has 0 fully saturated rings. The molecule has 5 rings (SSSR count). The van der Waals surface area contributed by atoms with Gasteiger partial charge in [0, 0.05) is 17.5 Å². The van der Waals surface area contributed by atoms with Gasteiger partial charge in [-0.2, -0.15) is 0 Å². The first-order valence-electron chi connectivity index (χ1n) is 8.83. The first-order chi connectivity index (χ1) is 13.2. The number of aromatic nitrogens is 1. The minimum atomic E-state index is -0.630. The van der Waals surface area contributed by atoms with Gasteiger partial charge in [-0.15, -0.1) is 0 Å². The number of aliphatic hydroxyl groups is 1. The van der Waals surface area contributed by atoms with Crippen molar-refractivity contribution in [2.75, 3.05) is 0 Å². The number of hydrogen-bond donors (Lipinski definition) is 1. The highest BCUT2D eigenvalue weighted by molar-refractivity contribution is 5.92. The van der Waals surface area contributed by atoms with Crippen LogP contribution in [0, 0.1) is 5.82 Å². The van der Waals surface area contributed by atoms with Crippen LogP contribution in [0.1, 0.15) is 17.2 Å². The van der Waals surface area contributed by atoms with Crippen molar-refractivity contribution in [3.05, 3.63) is 89.7 Å². The third-order valence-electron chi connectivity index (χ3n) is 5.07. The molecule has 0 aliphatic heterocycles. The van der Waals surface area contributed by atoms with Crippen LogP contribution in [0.5, 0.6) is 0 Å². The molecule has 0 amide bonds. The maximum Gasteiger partial charge on any atom is 0.175 e. The minimum absolute atomic E-state index is 0.293. The van der Waals surface area contributed by atoms with E-state index in [1.54, 1.807) is 12.1 Å². The Morgan fingerprint density at radius 1 is 0.889 bits per heavy atom. The van der Waals surface area contributed by atoms with Crippen molar-refractivity contribution in [3.8, 4) is 33.7 Å². The molecule has 1 N–H and O–H groups in total. The second-order valence-electron chi connectivity index (χ2n) is 6.71. The molecule has 1 unspecified atom stereocenters. The minimum Gasteiger partial charge on any atom is -0.388 e. The van der Waals surface area contributed by atoms with Gasteiger partial charge in [0.1, 0.15) is 11.5 Å². The van der Waals surface area contributed by atoms with Gasteiger partial charge < -0.3 is 9.63 Å². The van der Waals surface area contributed by atoms with Crippen LogP contribution < -0.4 is 0 Å². The molecule has 1 aliphatic carbocycles. The fourth-order valence-electron chi connectivity index (χ4n) is 3.78.